The third-order valence-electron chi connectivity index (χ3n) is 1.44. The highest BCUT2D eigenvalue weighted by Gasteiger charge is 2.02. The zero-order valence-corrected chi connectivity index (χ0v) is 7.44. The lowest BCUT2D eigenvalue weighted by Gasteiger charge is -2.02. The predicted octanol–water partition coefficient (Wildman–Crippen LogP) is 2.62. The second-order valence-electron chi connectivity index (χ2n) is 2.25. The third kappa shape index (κ3) is 2.37. The molecule has 0 atom stereocenters. The van der Waals surface area contributed by atoms with E-state index in [1.165, 1.54) is 0 Å². The summed E-state index contributed by atoms with van der Waals surface area (Å²) in [5.74, 6) is 0. The van der Waals surface area contributed by atoms with Crippen LogP contribution in [0.15, 0.2) is 24.3 Å². The summed E-state index contributed by atoms with van der Waals surface area (Å²) >= 11 is 11.3. The lowest BCUT2D eigenvalue weighted by molar-refractivity contribution is 1.06. The molecule has 0 aromatic heterocycles. The Hall–Kier alpha value is -0.240. The molecule has 0 aliphatic rings. The van der Waals surface area contributed by atoms with Crippen molar-refractivity contribution in [1.82, 2.24) is 0 Å². The van der Waals surface area contributed by atoms with E-state index < -0.39 is 4.84 Å². The minimum absolute atomic E-state index is 0.457. The maximum atomic E-state index is 5.66. The molecule has 0 saturated heterocycles. The van der Waals surface area contributed by atoms with Gasteiger partial charge in [-0.3, -0.25) is 0 Å². The number of hydrogen-bond donors (Lipinski definition) is 1. The highest BCUT2D eigenvalue weighted by atomic mass is 35.5. The molecule has 0 bridgehead atoms. The number of hydrogen-bond acceptors (Lipinski definition) is 1. The van der Waals surface area contributed by atoms with E-state index in [0.29, 0.717) is 6.54 Å². The molecule has 1 aromatic rings. The summed E-state index contributed by atoms with van der Waals surface area (Å²) in [4.78, 5) is -0.457. The maximum absolute atomic E-state index is 5.66. The van der Waals surface area contributed by atoms with Crippen LogP contribution in [0.4, 0.5) is 0 Å². The van der Waals surface area contributed by atoms with Crippen molar-refractivity contribution in [3.05, 3.63) is 35.4 Å². The first kappa shape index (κ1) is 8.85. The largest absolute Gasteiger partial charge is 0.326 e. The van der Waals surface area contributed by atoms with Crippen LogP contribution in [0.2, 0.25) is 0 Å². The van der Waals surface area contributed by atoms with E-state index in [1.54, 1.807) is 0 Å². The third-order valence-corrected chi connectivity index (χ3v) is 1.94. The van der Waals surface area contributed by atoms with Crippen molar-refractivity contribution in [3.8, 4) is 0 Å². The first-order valence-electron chi connectivity index (χ1n) is 3.31. The van der Waals surface area contributed by atoms with Gasteiger partial charge in [0.05, 0.1) is 0 Å². The van der Waals surface area contributed by atoms with Gasteiger partial charge in [-0.05, 0) is 11.1 Å². The molecule has 0 unspecified atom stereocenters. The van der Waals surface area contributed by atoms with Crippen molar-refractivity contribution in [3.63, 3.8) is 0 Å². The van der Waals surface area contributed by atoms with E-state index in [9.17, 15) is 0 Å². The fraction of sp³-hybridized carbons (Fsp3) is 0.250. The van der Waals surface area contributed by atoms with Gasteiger partial charge in [-0.1, -0.05) is 24.3 Å². The van der Waals surface area contributed by atoms with E-state index >= 15 is 0 Å². The average Bonchev–Trinajstić information content (AvgIpc) is 2.05. The Labute approximate surface area is 76.1 Å². The summed E-state index contributed by atoms with van der Waals surface area (Å²) in [6, 6.07) is 7.63. The smallest absolute Gasteiger partial charge is 0.132 e. The SMILES string of the molecule is NCc1cccc(C(Cl)Cl)c1. The highest BCUT2D eigenvalue weighted by Crippen LogP contribution is 2.24. The van der Waals surface area contributed by atoms with Gasteiger partial charge in [0.2, 0.25) is 0 Å². The van der Waals surface area contributed by atoms with Gasteiger partial charge in [-0.15, -0.1) is 23.2 Å². The molecule has 0 radical (unpaired) electrons. The van der Waals surface area contributed by atoms with Crippen LogP contribution in [0.5, 0.6) is 0 Å². The van der Waals surface area contributed by atoms with Gasteiger partial charge in [-0.25, -0.2) is 0 Å². The summed E-state index contributed by atoms with van der Waals surface area (Å²) in [5.41, 5.74) is 7.38. The van der Waals surface area contributed by atoms with Gasteiger partial charge in [0.15, 0.2) is 0 Å². The first-order valence-corrected chi connectivity index (χ1v) is 4.18. The Morgan fingerprint density at radius 3 is 2.64 bits per heavy atom. The molecular formula is C8H9Cl2N. The number of halogens is 2. The van der Waals surface area contributed by atoms with Gasteiger partial charge < -0.3 is 5.73 Å². The first-order chi connectivity index (χ1) is 5.24. The normalized spacial score (nSPS) is 10.5. The molecule has 3 heteroatoms. The summed E-state index contributed by atoms with van der Waals surface area (Å²) in [7, 11) is 0. The van der Waals surface area contributed by atoms with Gasteiger partial charge in [0.25, 0.3) is 0 Å². The second kappa shape index (κ2) is 3.96. The molecule has 1 rings (SSSR count). The average molecular weight is 190 g/mol. The van der Waals surface area contributed by atoms with E-state index in [-0.39, 0.29) is 0 Å². The van der Waals surface area contributed by atoms with Crippen LogP contribution < -0.4 is 5.73 Å². The minimum Gasteiger partial charge on any atom is -0.326 e. The molecule has 0 spiro atoms. The van der Waals surface area contributed by atoms with Gasteiger partial charge >= 0.3 is 0 Å². The molecule has 0 saturated carbocycles. The zero-order chi connectivity index (χ0) is 8.27. The Balaban J connectivity index is 2.91. The number of alkyl halides is 2. The Kier molecular flexibility index (Phi) is 3.18. The lowest BCUT2D eigenvalue weighted by atomic mass is 10.1. The molecule has 60 valence electrons. The minimum atomic E-state index is -0.457. The number of rotatable bonds is 2. The molecule has 11 heavy (non-hydrogen) atoms. The van der Waals surface area contributed by atoms with Crippen molar-refractivity contribution in [2.24, 2.45) is 5.73 Å². The van der Waals surface area contributed by atoms with Gasteiger partial charge in [0, 0.05) is 6.54 Å². The van der Waals surface area contributed by atoms with Crippen LogP contribution >= 0.6 is 23.2 Å². The molecule has 0 aliphatic heterocycles. The second-order valence-corrected chi connectivity index (χ2v) is 3.35. The molecule has 2 N–H and O–H groups in total. The molecule has 0 fully saturated rings. The van der Waals surface area contributed by atoms with Crippen LogP contribution in [0, 0.1) is 0 Å². The van der Waals surface area contributed by atoms with Crippen molar-refractivity contribution in [1.29, 1.82) is 0 Å². The van der Waals surface area contributed by atoms with Crippen molar-refractivity contribution < 1.29 is 0 Å². The highest BCUT2D eigenvalue weighted by molar-refractivity contribution is 6.44. The van der Waals surface area contributed by atoms with Crippen LogP contribution in [-0.4, -0.2) is 0 Å². The van der Waals surface area contributed by atoms with Crippen molar-refractivity contribution in [2.75, 3.05) is 0 Å². The van der Waals surface area contributed by atoms with Crippen LogP contribution in [0.1, 0.15) is 16.0 Å². The molecule has 0 amide bonds. The summed E-state index contributed by atoms with van der Waals surface area (Å²) in [6.45, 7) is 0.522. The Morgan fingerprint density at radius 2 is 2.09 bits per heavy atom. The standard InChI is InChI=1S/C8H9Cl2N/c9-8(10)7-3-1-2-6(4-7)5-11/h1-4,8H,5,11H2. The van der Waals surface area contributed by atoms with Gasteiger partial charge in [0.1, 0.15) is 4.84 Å². The van der Waals surface area contributed by atoms with Crippen molar-refractivity contribution in [2.45, 2.75) is 11.4 Å². The van der Waals surface area contributed by atoms with Crippen molar-refractivity contribution >= 4 is 23.2 Å². The predicted molar refractivity (Wildman–Crippen MR) is 48.8 cm³/mol. The van der Waals surface area contributed by atoms with E-state index in [2.05, 4.69) is 0 Å². The van der Waals surface area contributed by atoms with Gasteiger partial charge in [-0.2, -0.15) is 0 Å². The van der Waals surface area contributed by atoms with E-state index in [1.807, 2.05) is 24.3 Å². The fourth-order valence-electron chi connectivity index (χ4n) is 0.856. The summed E-state index contributed by atoms with van der Waals surface area (Å²) in [5, 5.41) is 0. The quantitative estimate of drug-likeness (QED) is 0.712. The van der Waals surface area contributed by atoms with E-state index in [0.717, 1.165) is 11.1 Å². The van der Waals surface area contributed by atoms with Crippen LogP contribution in [0.25, 0.3) is 0 Å². The van der Waals surface area contributed by atoms with E-state index in [4.69, 9.17) is 28.9 Å². The Bertz CT molecular complexity index is 235. The molecule has 1 nitrogen and oxygen atoms in total. The zero-order valence-electron chi connectivity index (χ0n) is 5.93. The Morgan fingerprint density at radius 1 is 1.36 bits per heavy atom. The van der Waals surface area contributed by atoms with Crippen LogP contribution in [0.3, 0.4) is 0 Å². The topological polar surface area (TPSA) is 26.0 Å². The summed E-state index contributed by atoms with van der Waals surface area (Å²) < 4.78 is 0. The molecule has 1 aromatic carbocycles. The maximum Gasteiger partial charge on any atom is 0.132 e. The molecule has 0 heterocycles. The molecule has 0 aliphatic carbocycles. The van der Waals surface area contributed by atoms with Crippen LogP contribution in [-0.2, 0) is 6.54 Å². The molecular weight excluding hydrogens is 181 g/mol. The number of benzene rings is 1. The monoisotopic (exact) mass is 189 g/mol. The number of nitrogens with two attached hydrogens (primary N) is 1. The summed E-state index contributed by atoms with van der Waals surface area (Å²) in [6.07, 6.45) is 0. The fourth-order valence-corrected chi connectivity index (χ4v) is 1.13. The lowest BCUT2D eigenvalue weighted by Crippen LogP contribution is -1.96.